The standard InChI is InChI=1S/C19H19N5O2S/c1-13-8-10-15(11-9-13)17-12-16(14-6-4-3-5-7-14)20-19-21-18(22-24(17)19)23-27(2,25)26/h3-12,17H,1-2H3,(H2,20,21,22,23)/t17-/m1/s1. The fourth-order valence-corrected chi connectivity index (χ4v) is 3.41. The average molecular weight is 381 g/mol. The van der Waals surface area contributed by atoms with Crippen LogP contribution in [0, 0.1) is 6.92 Å². The lowest BCUT2D eigenvalue weighted by Crippen LogP contribution is -2.20. The zero-order valence-electron chi connectivity index (χ0n) is 14.9. The van der Waals surface area contributed by atoms with Crippen molar-refractivity contribution in [3.05, 3.63) is 77.4 Å². The van der Waals surface area contributed by atoms with Crippen LogP contribution in [0.2, 0.25) is 0 Å². The molecule has 4 rings (SSSR count). The van der Waals surface area contributed by atoms with Gasteiger partial charge in [-0.15, -0.1) is 5.10 Å². The molecule has 2 N–H and O–H groups in total. The van der Waals surface area contributed by atoms with Gasteiger partial charge in [-0.2, -0.15) is 4.98 Å². The second kappa shape index (κ2) is 6.55. The number of allylic oxidation sites excluding steroid dienone is 1. The zero-order valence-corrected chi connectivity index (χ0v) is 15.7. The first kappa shape index (κ1) is 17.3. The maximum atomic E-state index is 11.6. The van der Waals surface area contributed by atoms with Crippen molar-refractivity contribution in [2.45, 2.75) is 13.0 Å². The van der Waals surface area contributed by atoms with Gasteiger partial charge in [0.1, 0.15) is 6.04 Å². The van der Waals surface area contributed by atoms with Crippen molar-refractivity contribution >= 4 is 27.6 Å². The van der Waals surface area contributed by atoms with Crippen LogP contribution in [0.4, 0.5) is 11.9 Å². The van der Waals surface area contributed by atoms with E-state index in [0.717, 1.165) is 28.6 Å². The molecule has 1 aliphatic heterocycles. The zero-order chi connectivity index (χ0) is 19.0. The molecule has 0 saturated carbocycles. The van der Waals surface area contributed by atoms with E-state index in [0.29, 0.717) is 5.95 Å². The summed E-state index contributed by atoms with van der Waals surface area (Å²) in [6.07, 6.45) is 3.14. The van der Waals surface area contributed by atoms with E-state index in [1.165, 1.54) is 0 Å². The molecule has 2 heterocycles. The second-order valence-electron chi connectivity index (χ2n) is 6.50. The predicted octanol–water partition coefficient (Wildman–Crippen LogP) is 3.01. The van der Waals surface area contributed by atoms with Crippen LogP contribution in [0.15, 0.2) is 60.7 Å². The summed E-state index contributed by atoms with van der Waals surface area (Å²) in [7, 11) is -3.46. The molecule has 0 spiro atoms. The van der Waals surface area contributed by atoms with Crippen LogP contribution in [0.1, 0.15) is 22.7 Å². The number of rotatable bonds is 4. The number of benzene rings is 2. The molecule has 8 heteroatoms. The van der Waals surface area contributed by atoms with Crippen molar-refractivity contribution in [3.63, 3.8) is 0 Å². The molecule has 1 atom stereocenters. The van der Waals surface area contributed by atoms with Gasteiger partial charge in [-0.05, 0) is 24.1 Å². The van der Waals surface area contributed by atoms with E-state index in [9.17, 15) is 8.42 Å². The Labute approximate surface area is 157 Å². The number of hydrogen-bond donors (Lipinski definition) is 2. The van der Waals surface area contributed by atoms with Gasteiger partial charge < -0.3 is 5.32 Å². The summed E-state index contributed by atoms with van der Waals surface area (Å²) in [5.41, 5.74) is 4.11. The maximum Gasteiger partial charge on any atom is 0.257 e. The quantitative estimate of drug-likeness (QED) is 0.725. The largest absolute Gasteiger partial charge is 0.324 e. The van der Waals surface area contributed by atoms with Gasteiger partial charge in [0, 0.05) is 5.70 Å². The van der Waals surface area contributed by atoms with Gasteiger partial charge in [0.15, 0.2) is 0 Å². The number of sulfonamides is 1. The molecule has 0 amide bonds. The number of nitrogens with one attached hydrogen (secondary N) is 2. The molecular formula is C19H19N5O2S. The van der Waals surface area contributed by atoms with Crippen molar-refractivity contribution in [1.82, 2.24) is 14.8 Å². The molecule has 27 heavy (non-hydrogen) atoms. The molecule has 7 nitrogen and oxygen atoms in total. The third kappa shape index (κ3) is 3.70. The van der Waals surface area contributed by atoms with E-state index in [4.69, 9.17) is 0 Å². The first-order valence-corrected chi connectivity index (χ1v) is 10.3. The van der Waals surface area contributed by atoms with Crippen LogP contribution in [-0.2, 0) is 10.0 Å². The minimum Gasteiger partial charge on any atom is -0.324 e. The Balaban J connectivity index is 1.81. The third-order valence-electron chi connectivity index (χ3n) is 4.25. The molecule has 0 bridgehead atoms. The second-order valence-corrected chi connectivity index (χ2v) is 8.25. The minimum absolute atomic E-state index is 0.0415. The van der Waals surface area contributed by atoms with E-state index in [1.807, 2.05) is 61.5 Å². The van der Waals surface area contributed by atoms with E-state index in [1.54, 1.807) is 4.68 Å². The lowest BCUT2D eigenvalue weighted by Gasteiger charge is -2.24. The molecule has 0 unspecified atom stereocenters. The van der Waals surface area contributed by atoms with Crippen LogP contribution in [0.3, 0.4) is 0 Å². The lowest BCUT2D eigenvalue weighted by molar-refractivity contribution is 0.603. The van der Waals surface area contributed by atoms with Crippen molar-refractivity contribution in [2.24, 2.45) is 0 Å². The summed E-state index contributed by atoms with van der Waals surface area (Å²) in [5, 5.41) is 7.60. The van der Waals surface area contributed by atoms with Gasteiger partial charge in [-0.1, -0.05) is 60.2 Å². The fraction of sp³-hybridized carbons (Fsp3) is 0.158. The highest BCUT2D eigenvalue weighted by Crippen LogP contribution is 2.33. The van der Waals surface area contributed by atoms with Gasteiger partial charge in [0.2, 0.25) is 16.0 Å². The Bertz CT molecular complexity index is 1100. The Hall–Kier alpha value is -3.13. The monoisotopic (exact) mass is 381 g/mol. The van der Waals surface area contributed by atoms with Crippen LogP contribution < -0.4 is 10.0 Å². The minimum atomic E-state index is -3.46. The molecule has 3 aromatic rings. The fourth-order valence-electron chi connectivity index (χ4n) is 2.99. The highest BCUT2D eigenvalue weighted by Gasteiger charge is 2.25. The van der Waals surface area contributed by atoms with Gasteiger partial charge in [-0.3, -0.25) is 4.72 Å². The van der Waals surface area contributed by atoms with Gasteiger partial charge >= 0.3 is 0 Å². The molecule has 1 aliphatic rings. The summed E-state index contributed by atoms with van der Waals surface area (Å²) in [6, 6.07) is 17.9. The highest BCUT2D eigenvalue weighted by atomic mass is 32.2. The van der Waals surface area contributed by atoms with Crippen LogP contribution >= 0.6 is 0 Å². The number of hydrogen-bond acceptors (Lipinski definition) is 5. The SMILES string of the molecule is Cc1ccc([C@H]2C=C(c3ccccc3)Nc3nc(NS(C)(=O)=O)nn32)cc1. The highest BCUT2D eigenvalue weighted by molar-refractivity contribution is 7.91. The summed E-state index contributed by atoms with van der Waals surface area (Å²) in [4.78, 5) is 4.31. The predicted molar refractivity (Wildman–Crippen MR) is 106 cm³/mol. The maximum absolute atomic E-state index is 11.6. The molecule has 0 fully saturated rings. The van der Waals surface area contributed by atoms with Crippen molar-refractivity contribution in [3.8, 4) is 0 Å². The normalized spacial score (nSPS) is 16.2. The summed E-state index contributed by atoms with van der Waals surface area (Å²) in [5.74, 6) is 0.521. The number of anilines is 2. The Morgan fingerprint density at radius 1 is 1.07 bits per heavy atom. The molecule has 0 aliphatic carbocycles. The van der Waals surface area contributed by atoms with Crippen molar-refractivity contribution in [2.75, 3.05) is 16.3 Å². The van der Waals surface area contributed by atoms with Gasteiger partial charge in [0.25, 0.3) is 5.95 Å². The molecular weight excluding hydrogens is 362 g/mol. The Morgan fingerprint density at radius 2 is 1.78 bits per heavy atom. The van der Waals surface area contributed by atoms with Crippen molar-refractivity contribution < 1.29 is 8.42 Å². The summed E-state index contributed by atoms with van der Waals surface area (Å²) in [6.45, 7) is 2.03. The molecule has 2 aromatic carbocycles. The first-order valence-electron chi connectivity index (χ1n) is 8.44. The smallest absolute Gasteiger partial charge is 0.257 e. The van der Waals surface area contributed by atoms with E-state index >= 15 is 0 Å². The first-order chi connectivity index (χ1) is 12.9. The number of nitrogens with zero attached hydrogens (tertiary/aromatic N) is 3. The summed E-state index contributed by atoms with van der Waals surface area (Å²) < 4.78 is 27.1. The van der Waals surface area contributed by atoms with E-state index < -0.39 is 10.0 Å². The third-order valence-corrected chi connectivity index (χ3v) is 4.80. The van der Waals surface area contributed by atoms with Gasteiger partial charge in [0.05, 0.1) is 6.26 Å². The molecule has 138 valence electrons. The van der Waals surface area contributed by atoms with E-state index in [-0.39, 0.29) is 12.0 Å². The Morgan fingerprint density at radius 3 is 2.44 bits per heavy atom. The van der Waals surface area contributed by atoms with Crippen molar-refractivity contribution in [1.29, 1.82) is 0 Å². The molecule has 0 saturated heterocycles. The Kier molecular flexibility index (Phi) is 4.19. The topological polar surface area (TPSA) is 88.9 Å². The molecule has 1 aromatic heterocycles. The number of aromatic nitrogens is 3. The van der Waals surface area contributed by atoms with Gasteiger partial charge in [-0.25, -0.2) is 13.1 Å². The lowest BCUT2D eigenvalue weighted by atomic mass is 10.0. The molecule has 0 radical (unpaired) electrons. The number of fused-ring (bicyclic) bond motifs is 1. The average Bonchev–Trinajstić information content (AvgIpc) is 3.02. The van der Waals surface area contributed by atoms with E-state index in [2.05, 4.69) is 26.2 Å². The van der Waals surface area contributed by atoms with Crippen LogP contribution in [-0.4, -0.2) is 29.4 Å². The van der Waals surface area contributed by atoms with Crippen LogP contribution in [0.25, 0.3) is 5.70 Å². The number of aryl methyl sites for hydroxylation is 1. The summed E-state index contributed by atoms with van der Waals surface area (Å²) >= 11 is 0. The van der Waals surface area contributed by atoms with Crippen LogP contribution in [0.5, 0.6) is 0 Å².